The van der Waals surface area contributed by atoms with Gasteiger partial charge in [-0.2, -0.15) is 0 Å². The number of halogens is 2. The average molecular weight is 312 g/mol. The third kappa shape index (κ3) is 7.88. The highest BCUT2D eigenvalue weighted by Gasteiger charge is 2.15. The van der Waals surface area contributed by atoms with Crippen LogP contribution < -0.4 is 0 Å². The van der Waals surface area contributed by atoms with E-state index in [4.69, 9.17) is 4.74 Å². The SMILES string of the molecule is CCCCCCCCCC(OC(C)C)c1cc(F)cc(F)c1. The van der Waals surface area contributed by atoms with Gasteiger partial charge in [0.1, 0.15) is 11.6 Å². The van der Waals surface area contributed by atoms with Crippen molar-refractivity contribution in [1.29, 1.82) is 0 Å². The van der Waals surface area contributed by atoms with Gasteiger partial charge in [0.25, 0.3) is 0 Å². The molecule has 1 unspecified atom stereocenters. The first-order valence-corrected chi connectivity index (χ1v) is 8.64. The topological polar surface area (TPSA) is 9.23 Å². The number of unbranched alkanes of at least 4 members (excludes halogenated alkanes) is 6. The van der Waals surface area contributed by atoms with Crippen LogP contribution in [0.3, 0.4) is 0 Å². The van der Waals surface area contributed by atoms with Gasteiger partial charge in [0.2, 0.25) is 0 Å². The maximum atomic E-state index is 13.4. The third-order valence-electron chi connectivity index (χ3n) is 3.76. The maximum Gasteiger partial charge on any atom is 0.126 e. The Bertz CT molecular complexity index is 398. The molecule has 1 rings (SSSR count). The predicted molar refractivity (Wildman–Crippen MR) is 87.9 cm³/mol. The fourth-order valence-electron chi connectivity index (χ4n) is 2.69. The highest BCUT2D eigenvalue weighted by atomic mass is 19.1. The van der Waals surface area contributed by atoms with Crippen LogP contribution in [-0.4, -0.2) is 6.10 Å². The lowest BCUT2D eigenvalue weighted by Crippen LogP contribution is -2.11. The van der Waals surface area contributed by atoms with Gasteiger partial charge in [-0.05, 0) is 38.0 Å². The summed E-state index contributed by atoms with van der Waals surface area (Å²) in [5, 5.41) is 0. The normalized spacial score (nSPS) is 12.8. The quantitative estimate of drug-likeness (QED) is 0.420. The molecule has 0 aliphatic rings. The second kappa shape index (κ2) is 10.7. The van der Waals surface area contributed by atoms with Gasteiger partial charge in [-0.3, -0.25) is 0 Å². The van der Waals surface area contributed by atoms with E-state index < -0.39 is 11.6 Å². The second-order valence-electron chi connectivity index (χ2n) is 6.29. The van der Waals surface area contributed by atoms with E-state index in [1.165, 1.54) is 44.2 Å². The van der Waals surface area contributed by atoms with E-state index in [-0.39, 0.29) is 12.2 Å². The minimum Gasteiger partial charge on any atom is -0.371 e. The zero-order valence-corrected chi connectivity index (χ0v) is 14.2. The van der Waals surface area contributed by atoms with Crippen molar-refractivity contribution in [2.75, 3.05) is 0 Å². The van der Waals surface area contributed by atoms with Crippen LogP contribution >= 0.6 is 0 Å². The fraction of sp³-hybridized carbons (Fsp3) is 0.684. The monoisotopic (exact) mass is 312 g/mol. The molecular formula is C19H30F2O. The first kappa shape index (κ1) is 19.1. The molecule has 1 aromatic carbocycles. The van der Waals surface area contributed by atoms with Gasteiger partial charge >= 0.3 is 0 Å². The summed E-state index contributed by atoms with van der Waals surface area (Å²) >= 11 is 0. The van der Waals surface area contributed by atoms with Crippen molar-refractivity contribution in [3.05, 3.63) is 35.4 Å². The molecule has 1 atom stereocenters. The molecule has 22 heavy (non-hydrogen) atoms. The van der Waals surface area contributed by atoms with Crippen molar-refractivity contribution in [2.45, 2.75) is 84.3 Å². The Balaban J connectivity index is 2.47. The highest BCUT2D eigenvalue weighted by molar-refractivity contribution is 5.20. The van der Waals surface area contributed by atoms with E-state index >= 15 is 0 Å². The summed E-state index contributed by atoms with van der Waals surface area (Å²) in [5.74, 6) is -1.07. The van der Waals surface area contributed by atoms with Crippen molar-refractivity contribution in [2.24, 2.45) is 0 Å². The smallest absolute Gasteiger partial charge is 0.126 e. The Kier molecular flexibility index (Phi) is 9.30. The Morgan fingerprint density at radius 1 is 0.864 bits per heavy atom. The van der Waals surface area contributed by atoms with Crippen LogP contribution in [0.25, 0.3) is 0 Å². The number of hydrogen-bond acceptors (Lipinski definition) is 1. The molecule has 3 heteroatoms. The van der Waals surface area contributed by atoms with Gasteiger partial charge in [0.15, 0.2) is 0 Å². The Morgan fingerprint density at radius 3 is 1.95 bits per heavy atom. The highest BCUT2D eigenvalue weighted by Crippen LogP contribution is 2.27. The molecule has 0 aromatic heterocycles. The number of ether oxygens (including phenoxy) is 1. The van der Waals surface area contributed by atoms with Crippen molar-refractivity contribution < 1.29 is 13.5 Å². The molecule has 1 nitrogen and oxygen atoms in total. The lowest BCUT2D eigenvalue weighted by molar-refractivity contribution is -0.00000203. The van der Waals surface area contributed by atoms with Crippen LogP contribution in [0.1, 0.15) is 83.8 Å². The van der Waals surface area contributed by atoms with Crippen molar-refractivity contribution >= 4 is 0 Å². The van der Waals surface area contributed by atoms with Gasteiger partial charge in [-0.1, -0.05) is 51.9 Å². The van der Waals surface area contributed by atoms with Gasteiger partial charge in [-0.25, -0.2) is 8.78 Å². The molecule has 1 aromatic rings. The van der Waals surface area contributed by atoms with E-state index in [2.05, 4.69) is 6.92 Å². The fourth-order valence-corrected chi connectivity index (χ4v) is 2.69. The molecule has 0 aliphatic heterocycles. The van der Waals surface area contributed by atoms with Crippen LogP contribution in [0.5, 0.6) is 0 Å². The largest absolute Gasteiger partial charge is 0.371 e. The van der Waals surface area contributed by atoms with E-state index in [0.29, 0.717) is 5.56 Å². The second-order valence-corrected chi connectivity index (χ2v) is 6.29. The summed E-state index contributed by atoms with van der Waals surface area (Å²) in [4.78, 5) is 0. The first-order chi connectivity index (χ1) is 10.5. The van der Waals surface area contributed by atoms with Crippen molar-refractivity contribution in [3.8, 4) is 0 Å². The predicted octanol–water partition coefficient (Wildman–Crippen LogP) is 6.57. The first-order valence-electron chi connectivity index (χ1n) is 8.64. The Morgan fingerprint density at radius 2 is 1.41 bits per heavy atom. The van der Waals surface area contributed by atoms with Gasteiger partial charge in [0.05, 0.1) is 12.2 Å². The van der Waals surface area contributed by atoms with E-state index in [1.807, 2.05) is 13.8 Å². The standard InChI is InChI=1S/C19H30F2O/c1-4-5-6-7-8-9-10-11-19(22-15(2)3)16-12-17(20)14-18(21)13-16/h12-15,19H,4-11H2,1-3H3. The van der Waals surface area contributed by atoms with Crippen LogP contribution in [0, 0.1) is 11.6 Å². The molecule has 0 radical (unpaired) electrons. The van der Waals surface area contributed by atoms with Crippen LogP contribution in [0.4, 0.5) is 8.78 Å². The molecule has 0 amide bonds. The molecule has 0 bridgehead atoms. The summed E-state index contributed by atoms with van der Waals surface area (Å²) in [6.45, 7) is 6.12. The molecule has 0 saturated heterocycles. The molecule has 0 fully saturated rings. The molecular weight excluding hydrogens is 282 g/mol. The van der Waals surface area contributed by atoms with Crippen LogP contribution in [0.2, 0.25) is 0 Å². The van der Waals surface area contributed by atoms with Crippen molar-refractivity contribution in [3.63, 3.8) is 0 Å². The summed E-state index contributed by atoms with van der Waals surface area (Å²) < 4.78 is 32.6. The number of hydrogen-bond donors (Lipinski definition) is 0. The third-order valence-corrected chi connectivity index (χ3v) is 3.76. The lowest BCUT2D eigenvalue weighted by atomic mass is 10.0. The molecule has 0 N–H and O–H groups in total. The van der Waals surface area contributed by atoms with Gasteiger partial charge in [-0.15, -0.1) is 0 Å². The zero-order valence-electron chi connectivity index (χ0n) is 14.2. The summed E-state index contributed by atoms with van der Waals surface area (Å²) in [7, 11) is 0. The van der Waals surface area contributed by atoms with E-state index in [1.54, 1.807) is 0 Å². The van der Waals surface area contributed by atoms with Gasteiger partial charge < -0.3 is 4.74 Å². The zero-order chi connectivity index (χ0) is 16.4. The summed E-state index contributed by atoms with van der Waals surface area (Å²) in [6.07, 6.45) is 9.19. The van der Waals surface area contributed by atoms with Crippen LogP contribution in [-0.2, 0) is 4.74 Å². The van der Waals surface area contributed by atoms with Gasteiger partial charge in [0, 0.05) is 6.07 Å². The minimum atomic E-state index is -0.535. The summed E-state index contributed by atoms with van der Waals surface area (Å²) in [6, 6.07) is 3.68. The molecule has 126 valence electrons. The van der Waals surface area contributed by atoms with Crippen LogP contribution in [0.15, 0.2) is 18.2 Å². The molecule has 0 spiro atoms. The summed E-state index contributed by atoms with van der Waals surface area (Å²) in [5.41, 5.74) is 0.609. The average Bonchev–Trinajstić information content (AvgIpc) is 2.43. The lowest BCUT2D eigenvalue weighted by Gasteiger charge is -2.21. The van der Waals surface area contributed by atoms with E-state index in [9.17, 15) is 8.78 Å². The Labute approximate surface area is 134 Å². The number of rotatable bonds is 11. The molecule has 0 saturated carbocycles. The molecule has 0 heterocycles. The van der Waals surface area contributed by atoms with E-state index in [0.717, 1.165) is 25.3 Å². The Hall–Kier alpha value is -0.960. The van der Waals surface area contributed by atoms with Crippen molar-refractivity contribution in [1.82, 2.24) is 0 Å². The maximum absolute atomic E-state index is 13.4. The number of benzene rings is 1. The minimum absolute atomic E-state index is 0.0425. The molecule has 0 aliphatic carbocycles.